The molecule has 0 aliphatic heterocycles. The number of hydrogen-bond acceptors (Lipinski definition) is 2. The molecule has 5 aromatic rings. The molecule has 2 heterocycles. The van der Waals surface area contributed by atoms with Gasteiger partial charge in [-0.05, 0) is 70.4 Å². The Labute approximate surface area is 177 Å². The van der Waals surface area contributed by atoms with Gasteiger partial charge in [-0.2, -0.15) is 5.26 Å². The molecule has 0 saturated heterocycles. The van der Waals surface area contributed by atoms with Crippen molar-refractivity contribution in [3.05, 3.63) is 94.7 Å². The molecule has 0 fully saturated rings. The monoisotopic (exact) mass is 437 g/mol. The van der Waals surface area contributed by atoms with Crippen LogP contribution in [0.15, 0.2) is 83.6 Å². The highest BCUT2D eigenvalue weighted by molar-refractivity contribution is 9.10. The lowest BCUT2D eigenvalue weighted by molar-refractivity contribution is 1.11. The van der Waals surface area contributed by atoms with Crippen LogP contribution in [0.3, 0.4) is 0 Å². The SMILES string of the molecule is Cc1cn(-c2ccc(C#N)c(Br)c2)c2cccc(-c3cnc4ccccc4c3)c12. The number of nitriles is 1. The van der Waals surface area contributed by atoms with E-state index < -0.39 is 0 Å². The van der Waals surface area contributed by atoms with Crippen LogP contribution in [0.25, 0.3) is 38.6 Å². The van der Waals surface area contributed by atoms with E-state index >= 15 is 0 Å². The summed E-state index contributed by atoms with van der Waals surface area (Å²) in [6.45, 7) is 2.13. The van der Waals surface area contributed by atoms with E-state index in [2.05, 4.69) is 75.0 Å². The molecule has 0 N–H and O–H groups in total. The second-order valence-electron chi connectivity index (χ2n) is 7.07. The molecule has 5 rings (SSSR count). The fourth-order valence-electron chi connectivity index (χ4n) is 3.90. The minimum absolute atomic E-state index is 0.630. The lowest BCUT2D eigenvalue weighted by Crippen LogP contribution is -1.93. The van der Waals surface area contributed by atoms with Crippen LogP contribution in [0.4, 0.5) is 0 Å². The highest BCUT2D eigenvalue weighted by atomic mass is 79.9. The fraction of sp³-hybridized carbons (Fsp3) is 0.0400. The highest BCUT2D eigenvalue weighted by Crippen LogP contribution is 2.35. The predicted molar refractivity (Wildman–Crippen MR) is 121 cm³/mol. The fourth-order valence-corrected chi connectivity index (χ4v) is 4.36. The second kappa shape index (κ2) is 6.88. The molecular formula is C25H16BrN3. The summed E-state index contributed by atoms with van der Waals surface area (Å²) in [7, 11) is 0. The Hall–Kier alpha value is -3.42. The molecule has 0 aliphatic carbocycles. The maximum absolute atomic E-state index is 9.20. The standard InChI is InChI=1S/C25H16BrN3/c1-16-15-29(20-10-9-18(13-27)22(26)12-20)24-8-4-6-21(25(16)24)19-11-17-5-2-3-7-23(17)28-14-19/h2-12,14-15H,1H3. The van der Waals surface area contributed by atoms with Gasteiger partial charge in [0.1, 0.15) is 6.07 Å². The Morgan fingerprint density at radius 2 is 1.86 bits per heavy atom. The summed E-state index contributed by atoms with van der Waals surface area (Å²) in [6, 6.07) is 24.8. The summed E-state index contributed by atoms with van der Waals surface area (Å²) in [5.41, 5.74) is 7.25. The molecule has 3 aromatic carbocycles. The van der Waals surface area contributed by atoms with Crippen LogP contribution in [-0.4, -0.2) is 9.55 Å². The number of para-hydroxylation sites is 1. The molecule has 0 radical (unpaired) electrons. The van der Waals surface area contributed by atoms with Crippen LogP contribution in [0.2, 0.25) is 0 Å². The number of aryl methyl sites for hydroxylation is 1. The number of pyridine rings is 1. The topological polar surface area (TPSA) is 41.6 Å². The van der Waals surface area contributed by atoms with Crippen LogP contribution in [0.1, 0.15) is 11.1 Å². The number of benzene rings is 3. The molecule has 138 valence electrons. The van der Waals surface area contributed by atoms with E-state index in [9.17, 15) is 5.26 Å². The van der Waals surface area contributed by atoms with Crippen LogP contribution in [-0.2, 0) is 0 Å². The first kappa shape index (κ1) is 17.7. The van der Waals surface area contributed by atoms with Gasteiger partial charge in [-0.15, -0.1) is 0 Å². The van der Waals surface area contributed by atoms with Gasteiger partial charge in [-0.1, -0.05) is 30.3 Å². The first-order chi connectivity index (χ1) is 14.2. The van der Waals surface area contributed by atoms with Gasteiger partial charge in [0, 0.05) is 38.9 Å². The van der Waals surface area contributed by atoms with Crippen LogP contribution in [0.5, 0.6) is 0 Å². The number of aromatic nitrogens is 2. The van der Waals surface area contributed by atoms with Gasteiger partial charge in [0.25, 0.3) is 0 Å². The summed E-state index contributed by atoms with van der Waals surface area (Å²) in [4.78, 5) is 4.65. The Kier molecular flexibility index (Phi) is 4.19. The smallest absolute Gasteiger partial charge is 0.100 e. The maximum Gasteiger partial charge on any atom is 0.100 e. The Morgan fingerprint density at radius 1 is 1.00 bits per heavy atom. The Bertz CT molecular complexity index is 1440. The predicted octanol–water partition coefficient (Wildman–Crippen LogP) is 6.79. The Balaban J connectivity index is 1.73. The van der Waals surface area contributed by atoms with E-state index in [4.69, 9.17) is 0 Å². The molecule has 3 nitrogen and oxygen atoms in total. The summed E-state index contributed by atoms with van der Waals surface area (Å²) in [6.07, 6.45) is 4.10. The van der Waals surface area contributed by atoms with E-state index in [0.717, 1.165) is 32.1 Å². The average molecular weight is 438 g/mol. The van der Waals surface area contributed by atoms with Gasteiger partial charge >= 0.3 is 0 Å². The van der Waals surface area contributed by atoms with Gasteiger partial charge in [0.2, 0.25) is 0 Å². The molecule has 0 amide bonds. The summed E-state index contributed by atoms with van der Waals surface area (Å²) in [5, 5.41) is 11.5. The van der Waals surface area contributed by atoms with Crippen molar-refractivity contribution in [3.8, 4) is 22.9 Å². The van der Waals surface area contributed by atoms with Crippen LogP contribution < -0.4 is 0 Å². The van der Waals surface area contributed by atoms with E-state index in [-0.39, 0.29) is 0 Å². The van der Waals surface area contributed by atoms with Gasteiger partial charge in [0.05, 0.1) is 16.6 Å². The van der Waals surface area contributed by atoms with E-state index in [1.165, 1.54) is 16.5 Å². The molecule has 0 bridgehead atoms. The zero-order valence-electron chi connectivity index (χ0n) is 15.7. The normalized spacial score (nSPS) is 11.1. The van der Waals surface area contributed by atoms with Crippen LogP contribution >= 0.6 is 15.9 Å². The van der Waals surface area contributed by atoms with E-state index in [1.807, 2.05) is 42.6 Å². The Morgan fingerprint density at radius 3 is 2.69 bits per heavy atom. The van der Waals surface area contributed by atoms with E-state index in [1.54, 1.807) is 0 Å². The van der Waals surface area contributed by atoms with Gasteiger partial charge in [-0.3, -0.25) is 4.98 Å². The number of rotatable bonds is 2. The van der Waals surface area contributed by atoms with Crippen molar-refractivity contribution in [2.24, 2.45) is 0 Å². The van der Waals surface area contributed by atoms with Crippen molar-refractivity contribution in [1.82, 2.24) is 9.55 Å². The quantitative estimate of drug-likeness (QED) is 0.305. The zero-order valence-corrected chi connectivity index (χ0v) is 17.3. The molecule has 0 atom stereocenters. The van der Waals surface area contributed by atoms with Crippen molar-refractivity contribution < 1.29 is 0 Å². The van der Waals surface area contributed by atoms with Gasteiger partial charge < -0.3 is 4.57 Å². The number of hydrogen-bond donors (Lipinski definition) is 0. The summed E-state index contributed by atoms with van der Waals surface area (Å²) >= 11 is 3.51. The molecule has 0 saturated carbocycles. The number of halogens is 1. The van der Waals surface area contributed by atoms with Gasteiger partial charge in [0.15, 0.2) is 0 Å². The van der Waals surface area contributed by atoms with Crippen molar-refractivity contribution in [2.75, 3.05) is 0 Å². The zero-order chi connectivity index (χ0) is 20.0. The minimum Gasteiger partial charge on any atom is -0.316 e. The molecule has 2 aromatic heterocycles. The van der Waals surface area contributed by atoms with E-state index in [0.29, 0.717) is 5.56 Å². The molecule has 4 heteroatoms. The number of fused-ring (bicyclic) bond motifs is 2. The third-order valence-electron chi connectivity index (χ3n) is 5.27. The van der Waals surface area contributed by atoms with Crippen molar-refractivity contribution >= 4 is 37.7 Å². The first-order valence-electron chi connectivity index (χ1n) is 9.31. The first-order valence-corrected chi connectivity index (χ1v) is 10.1. The highest BCUT2D eigenvalue weighted by Gasteiger charge is 2.13. The minimum atomic E-state index is 0.630. The van der Waals surface area contributed by atoms with Gasteiger partial charge in [-0.25, -0.2) is 0 Å². The lowest BCUT2D eigenvalue weighted by Gasteiger charge is -2.09. The number of nitrogens with zero attached hydrogens (tertiary/aromatic N) is 3. The summed E-state index contributed by atoms with van der Waals surface area (Å²) < 4.78 is 2.97. The van der Waals surface area contributed by atoms with Crippen molar-refractivity contribution in [2.45, 2.75) is 6.92 Å². The average Bonchev–Trinajstić information content (AvgIpc) is 3.10. The lowest BCUT2D eigenvalue weighted by atomic mass is 10.00. The summed E-state index contributed by atoms with van der Waals surface area (Å²) in [5.74, 6) is 0. The largest absolute Gasteiger partial charge is 0.316 e. The third kappa shape index (κ3) is 2.91. The van der Waals surface area contributed by atoms with Crippen LogP contribution in [0, 0.1) is 18.3 Å². The molecule has 29 heavy (non-hydrogen) atoms. The molecule has 0 spiro atoms. The van der Waals surface area contributed by atoms with Crippen molar-refractivity contribution in [1.29, 1.82) is 5.26 Å². The second-order valence-corrected chi connectivity index (χ2v) is 7.93. The van der Waals surface area contributed by atoms with Crippen molar-refractivity contribution in [3.63, 3.8) is 0 Å². The maximum atomic E-state index is 9.20. The molecule has 0 aliphatic rings. The molecular weight excluding hydrogens is 422 g/mol. The molecule has 0 unspecified atom stereocenters. The third-order valence-corrected chi connectivity index (χ3v) is 5.93.